The summed E-state index contributed by atoms with van der Waals surface area (Å²) in [5, 5.41) is 150. The number of aromatic hydroxyl groups is 11. The number of carbonyl (C=O) groups excluding carboxylic acids is 6. The van der Waals surface area contributed by atoms with Crippen molar-refractivity contribution < 1.29 is 133 Å². The van der Waals surface area contributed by atoms with Crippen LogP contribution in [-0.2, 0) is 38.0 Å². The van der Waals surface area contributed by atoms with E-state index >= 15 is 0 Å². The van der Waals surface area contributed by atoms with Crippen LogP contribution in [0.4, 0.5) is 0 Å². The SMILES string of the molecule is O=C1OC2C3COC(=O)c4cc(O)c(O)c(O)c4-c4c(cc(O)c(O)c4O)C(=O)OC2C(OC(=O)c2cc(O)c(O)c4c2[C@@H]2C1=CC(=O)C(O)(O)C2(O)O4)C(OC(=O)c1cc(O)c(O)c(O)c1)O3. The molecule has 354 valence electrons. The number of ketones is 1. The maximum atomic E-state index is 14.6. The van der Waals surface area contributed by atoms with Gasteiger partial charge in [-0.1, -0.05) is 0 Å². The Bertz CT molecular complexity index is 3020. The topological polar surface area (TPSA) is 450 Å². The van der Waals surface area contributed by atoms with Gasteiger partial charge in [-0.15, -0.1) is 0 Å². The van der Waals surface area contributed by atoms with Crippen molar-refractivity contribution >= 4 is 35.6 Å². The van der Waals surface area contributed by atoms with Gasteiger partial charge in [0.1, 0.15) is 12.7 Å². The molecule has 27 heteroatoms. The quantitative estimate of drug-likeness (QED) is 0.0491. The third-order valence-corrected chi connectivity index (χ3v) is 11.5. The predicted octanol–water partition coefficient (Wildman–Crippen LogP) is -1.10. The molecule has 4 bridgehead atoms. The van der Waals surface area contributed by atoms with Crippen LogP contribution in [0.15, 0.2) is 42.0 Å². The Morgan fingerprint density at radius 2 is 1.07 bits per heavy atom. The molecule has 7 atom stereocenters. The van der Waals surface area contributed by atoms with Crippen molar-refractivity contribution in [2.24, 2.45) is 0 Å². The number of hydrogen-bond donors (Lipinski definition) is 14. The number of ether oxygens (including phenoxy) is 7. The highest BCUT2D eigenvalue weighted by Gasteiger charge is 2.70. The minimum atomic E-state index is -4.02. The van der Waals surface area contributed by atoms with E-state index in [1.807, 2.05) is 0 Å². The second-order valence-electron chi connectivity index (χ2n) is 15.5. The number of fused-ring (bicyclic) bond motifs is 3. The van der Waals surface area contributed by atoms with Crippen LogP contribution in [0.3, 0.4) is 0 Å². The largest absolute Gasteiger partial charge is 0.504 e. The maximum Gasteiger partial charge on any atom is 0.340 e. The van der Waals surface area contributed by atoms with Crippen LogP contribution in [0.1, 0.15) is 52.9 Å². The number of rotatable bonds is 2. The van der Waals surface area contributed by atoms with Crippen molar-refractivity contribution in [3.63, 3.8) is 0 Å². The van der Waals surface area contributed by atoms with Gasteiger partial charge in [-0.3, -0.25) is 4.79 Å². The first-order valence-corrected chi connectivity index (χ1v) is 19.1. The van der Waals surface area contributed by atoms with Gasteiger partial charge in [-0.25, -0.2) is 24.0 Å². The Morgan fingerprint density at radius 3 is 1.68 bits per heavy atom. The van der Waals surface area contributed by atoms with Gasteiger partial charge in [-0.2, -0.15) is 0 Å². The molecule has 68 heavy (non-hydrogen) atoms. The lowest BCUT2D eigenvalue weighted by atomic mass is 9.74. The van der Waals surface area contributed by atoms with Crippen molar-refractivity contribution in [1.29, 1.82) is 0 Å². The predicted molar refractivity (Wildman–Crippen MR) is 204 cm³/mol. The summed E-state index contributed by atoms with van der Waals surface area (Å²) in [6.45, 7) is -1.31. The summed E-state index contributed by atoms with van der Waals surface area (Å²) >= 11 is 0. The highest BCUT2D eigenvalue weighted by Crippen LogP contribution is 2.60. The number of benzene rings is 4. The lowest BCUT2D eigenvalue weighted by Gasteiger charge is -2.44. The Morgan fingerprint density at radius 1 is 0.574 bits per heavy atom. The first kappa shape index (κ1) is 44.3. The number of phenolic OH excluding ortho intramolecular Hbond substituents is 11. The van der Waals surface area contributed by atoms with Crippen LogP contribution in [0.2, 0.25) is 0 Å². The molecular weight excluding hydrogens is 924 g/mol. The molecule has 1 aliphatic carbocycles. The molecule has 5 aliphatic rings. The third kappa shape index (κ3) is 6.21. The molecule has 4 aliphatic heterocycles. The summed E-state index contributed by atoms with van der Waals surface area (Å²) in [4.78, 5) is 84.6. The fourth-order valence-corrected chi connectivity index (χ4v) is 8.26. The van der Waals surface area contributed by atoms with E-state index < -0.39 is 204 Å². The first-order valence-electron chi connectivity index (χ1n) is 19.1. The molecule has 14 N–H and O–H groups in total. The van der Waals surface area contributed by atoms with E-state index in [4.69, 9.17) is 33.2 Å². The van der Waals surface area contributed by atoms with Crippen LogP contribution >= 0.6 is 0 Å². The Balaban J connectivity index is 1.29. The molecule has 0 saturated carbocycles. The molecule has 0 radical (unpaired) electrons. The molecule has 9 rings (SSSR count). The highest BCUT2D eigenvalue weighted by atomic mass is 16.8. The zero-order valence-electron chi connectivity index (χ0n) is 33.2. The van der Waals surface area contributed by atoms with Gasteiger partial charge in [0, 0.05) is 16.7 Å². The highest BCUT2D eigenvalue weighted by molar-refractivity contribution is 6.09. The van der Waals surface area contributed by atoms with Gasteiger partial charge in [0.2, 0.25) is 35.4 Å². The molecule has 4 aromatic rings. The van der Waals surface area contributed by atoms with Crippen LogP contribution < -0.4 is 4.74 Å². The molecule has 0 amide bonds. The molecule has 0 spiro atoms. The van der Waals surface area contributed by atoms with Crippen molar-refractivity contribution in [3.05, 3.63) is 69.8 Å². The summed E-state index contributed by atoms with van der Waals surface area (Å²) in [6, 6.07) is 2.36. The lowest BCUT2D eigenvalue weighted by Crippen LogP contribution is -2.66. The fourth-order valence-electron chi connectivity index (χ4n) is 8.26. The Hall–Kier alpha value is -8.92. The number of aliphatic hydroxyl groups is 3. The standard InChI is InChI=1S/C41H28O27/c42-13-1-8(2-14(43)24(13)48)34(54)67-39-33-32-30(64-38(58)12-6-19(47)40(59,60)41(61)23(12)22-11(37(57)66-33)5-17(46)27(51)31(22)68-41)18(63-39)7-62-35(55)9-3-15(44)25(49)28(52)20(9)21-10(36(56)65-32)4-16(45)26(50)29(21)53/h1-6,18,23,30,32-33,39,42-46,48-53,59-61H,7H2/t18?,23-,30?,32?,33?,39?,41?/m0/s1. The van der Waals surface area contributed by atoms with Gasteiger partial charge < -0.3 is 105 Å². The molecule has 6 unspecified atom stereocenters. The van der Waals surface area contributed by atoms with E-state index in [-0.39, 0.29) is 6.08 Å². The molecule has 0 aromatic heterocycles. The number of hydrogen-bond acceptors (Lipinski definition) is 27. The second-order valence-corrected chi connectivity index (χ2v) is 15.5. The number of phenols is 11. The van der Waals surface area contributed by atoms with Crippen LogP contribution in [0.25, 0.3) is 11.1 Å². The van der Waals surface area contributed by atoms with E-state index in [0.717, 1.165) is 0 Å². The van der Waals surface area contributed by atoms with E-state index in [1.165, 1.54) is 0 Å². The molecule has 1 fully saturated rings. The van der Waals surface area contributed by atoms with E-state index in [2.05, 4.69) is 0 Å². The molecular formula is C41H28O27. The average Bonchev–Trinajstić information content (AvgIpc) is 3.61. The summed E-state index contributed by atoms with van der Waals surface area (Å²) in [5.41, 5.74) is -8.25. The smallest absolute Gasteiger partial charge is 0.340 e. The van der Waals surface area contributed by atoms with Crippen LogP contribution in [0, 0.1) is 0 Å². The molecule has 27 nitrogen and oxygen atoms in total. The minimum absolute atomic E-state index is 0.207. The molecule has 1 saturated heterocycles. The lowest BCUT2D eigenvalue weighted by molar-refractivity contribution is -0.323. The van der Waals surface area contributed by atoms with Gasteiger partial charge in [0.25, 0.3) is 11.6 Å². The minimum Gasteiger partial charge on any atom is -0.504 e. The molecule has 4 aromatic carbocycles. The normalized spacial score (nSPS) is 25.7. The summed E-state index contributed by atoms with van der Waals surface area (Å²) in [5.74, 6) is -36.2. The zero-order chi connectivity index (χ0) is 49.4. The summed E-state index contributed by atoms with van der Waals surface area (Å²) in [6.07, 6.45) is -12.1. The summed E-state index contributed by atoms with van der Waals surface area (Å²) in [7, 11) is 0. The second kappa shape index (κ2) is 14.8. The number of cyclic esters (lactones) is 1. The fraction of sp³-hybridized carbons (Fsp3) is 0.220. The monoisotopic (exact) mass is 952 g/mol. The summed E-state index contributed by atoms with van der Waals surface area (Å²) < 4.78 is 39.1. The van der Waals surface area contributed by atoms with Gasteiger partial charge in [-0.05, 0) is 36.4 Å². The van der Waals surface area contributed by atoms with Crippen molar-refractivity contribution in [1.82, 2.24) is 0 Å². The Labute approximate surface area is 373 Å². The van der Waals surface area contributed by atoms with E-state index in [0.29, 0.717) is 30.3 Å². The van der Waals surface area contributed by atoms with Crippen LogP contribution in [-0.4, -0.2) is 156 Å². The zero-order valence-corrected chi connectivity index (χ0v) is 33.2. The first-order chi connectivity index (χ1) is 31.9. The van der Waals surface area contributed by atoms with Crippen LogP contribution in [0.5, 0.6) is 69.0 Å². The van der Waals surface area contributed by atoms with Gasteiger partial charge in [0.05, 0.1) is 33.7 Å². The van der Waals surface area contributed by atoms with Crippen molar-refractivity contribution in [3.8, 4) is 80.1 Å². The van der Waals surface area contributed by atoms with Gasteiger partial charge in [0.15, 0.2) is 64.0 Å². The third-order valence-electron chi connectivity index (χ3n) is 11.5. The number of esters is 5. The van der Waals surface area contributed by atoms with Crippen molar-refractivity contribution in [2.45, 2.75) is 48.2 Å². The molecule has 4 heterocycles. The van der Waals surface area contributed by atoms with E-state index in [9.17, 15) is 100 Å². The van der Waals surface area contributed by atoms with Crippen molar-refractivity contribution in [2.75, 3.05) is 6.61 Å². The van der Waals surface area contributed by atoms with Gasteiger partial charge >= 0.3 is 29.8 Å². The van der Waals surface area contributed by atoms with E-state index in [1.54, 1.807) is 0 Å². The maximum absolute atomic E-state index is 14.6. The number of carbonyl (C=O) groups is 6. The Kier molecular flexibility index (Phi) is 9.64. The average molecular weight is 953 g/mol.